The first-order chi connectivity index (χ1) is 9.22. The molecule has 0 spiro atoms. The third kappa shape index (κ3) is 2.92. The van der Waals surface area contributed by atoms with Crippen molar-refractivity contribution in [3.63, 3.8) is 0 Å². The molecule has 0 unspecified atom stereocenters. The van der Waals surface area contributed by atoms with E-state index in [4.69, 9.17) is 23.2 Å². The van der Waals surface area contributed by atoms with E-state index in [1.807, 2.05) is 12.1 Å². The van der Waals surface area contributed by atoms with E-state index in [1.54, 1.807) is 0 Å². The van der Waals surface area contributed by atoms with Crippen molar-refractivity contribution >= 4 is 23.2 Å². The lowest BCUT2D eigenvalue weighted by molar-refractivity contribution is 0.245. The zero-order valence-corrected chi connectivity index (χ0v) is 12.0. The Morgan fingerprint density at radius 1 is 1.16 bits per heavy atom. The summed E-state index contributed by atoms with van der Waals surface area (Å²) in [5.74, 6) is 0. The number of hydrogen-bond acceptors (Lipinski definition) is 2. The first-order valence-electron chi connectivity index (χ1n) is 6.32. The van der Waals surface area contributed by atoms with Gasteiger partial charge in [0.25, 0.3) is 0 Å². The van der Waals surface area contributed by atoms with Gasteiger partial charge in [0.15, 0.2) is 0 Å². The van der Waals surface area contributed by atoms with Crippen LogP contribution in [-0.2, 0) is 19.5 Å². The van der Waals surface area contributed by atoms with Crippen molar-refractivity contribution in [3.05, 3.63) is 63.4 Å². The molecule has 0 atom stereocenters. The summed E-state index contributed by atoms with van der Waals surface area (Å²) < 4.78 is 0. The van der Waals surface area contributed by atoms with Gasteiger partial charge in [-0.05, 0) is 29.2 Å². The van der Waals surface area contributed by atoms with E-state index in [0.717, 1.165) is 31.6 Å². The molecule has 3 rings (SSSR count). The van der Waals surface area contributed by atoms with Crippen molar-refractivity contribution in [2.24, 2.45) is 0 Å². The van der Waals surface area contributed by atoms with E-state index < -0.39 is 0 Å². The Morgan fingerprint density at radius 2 is 1.95 bits per heavy atom. The lowest BCUT2D eigenvalue weighted by Gasteiger charge is -2.29. The van der Waals surface area contributed by atoms with Crippen LogP contribution in [0.25, 0.3) is 0 Å². The van der Waals surface area contributed by atoms with E-state index in [-0.39, 0.29) is 0 Å². The minimum absolute atomic E-state index is 0.477. The average Bonchev–Trinajstić information content (AvgIpc) is 2.39. The monoisotopic (exact) mass is 292 g/mol. The second-order valence-corrected chi connectivity index (χ2v) is 5.56. The number of pyridine rings is 1. The van der Waals surface area contributed by atoms with Crippen LogP contribution in [-0.4, -0.2) is 16.4 Å². The molecule has 2 aromatic rings. The summed E-state index contributed by atoms with van der Waals surface area (Å²) in [4.78, 5) is 6.52. The molecule has 0 bridgehead atoms. The molecule has 0 saturated carbocycles. The average molecular weight is 293 g/mol. The normalized spacial score (nSPS) is 15.3. The minimum Gasteiger partial charge on any atom is -0.294 e. The maximum Gasteiger partial charge on any atom is 0.134 e. The van der Waals surface area contributed by atoms with Crippen LogP contribution in [0, 0.1) is 0 Å². The molecule has 0 saturated heterocycles. The highest BCUT2D eigenvalue weighted by Crippen LogP contribution is 2.27. The van der Waals surface area contributed by atoms with Crippen LogP contribution in [0.1, 0.15) is 16.7 Å². The Morgan fingerprint density at radius 3 is 2.74 bits per heavy atom. The molecule has 0 radical (unpaired) electrons. The number of hydrogen-bond donors (Lipinski definition) is 0. The van der Waals surface area contributed by atoms with Gasteiger partial charge in [-0.1, -0.05) is 53.5 Å². The van der Waals surface area contributed by atoms with Crippen molar-refractivity contribution in [1.29, 1.82) is 0 Å². The molecule has 0 fully saturated rings. The number of halogens is 2. The molecule has 1 aromatic heterocycles. The molecule has 1 aliphatic heterocycles. The summed E-state index contributed by atoms with van der Waals surface area (Å²) in [6.07, 6.45) is 0.936. The third-order valence-electron chi connectivity index (χ3n) is 3.46. The van der Waals surface area contributed by atoms with Crippen LogP contribution >= 0.6 is 23.2 Å². The standard InChI is InChI=1S/C15H14Cl2N2/c16-14-8-12-10-19(7-6-13(12)15(17)18-14)9-11-4-2-1-3-5-11/h1-5,8H,6-7,9-10H2. The molecular formula is C15H14Cl2N2. The molecule has 2 nitrogen and oxygen atoms in total. The van der Waals surface area contributed by atoms with Gasteiger partial charge in [-0.15, -0.1) is 0 Å². The number of fused-ring (bicyclic) bond motifs is 1. The van der Waals surface area contributed by atoms with Gasteiger partial charge in [0.2, 0.25) is 0 Å². The highest BCUT2D eigenvalue weighted by molar-refractivity contribution is 6.33. The van der Waals surface area contributed by atoms with E-state index in [1.165, 1.54) is 11.1 Å². The lowest BCUT2D eigenvalue weighted by atomic mass is 10.0. The number of aromatic nitrogens is 1. The van der Waals surface area contributed by atoms with Crippen molar-refractivity contribution < 1.29 is 0 Å². The Bertz CT molecular complexity index is 584. The van der Waals surface area contributed by atoms with Crippen molar-refractivity contribution in [2.45, 2.75) is 19.5 Å². The molecule has 0 amide bonds. The third-order valence-corrected chi connectivity index (χ3v) is 3.96. The van der Waals surface area contributed by atoms with Crippen LogP contribution in [0.5, 0.6) is 0 Å². The fraction of sp³-hybridized carbons (Fsp3) is 0.267. The molecule has 1 aliphatic rings. The zero-order chi connectivity index (χ0) is 13.2. The van der Waals surface area contributed by atoms with Gasteiger partial charge in [0, 0.05) is 19.6 Å². The highest BCUT2D eigenvalue weighted by Gasteiger charge is 2.19. The Labute approximate surface area is 123 Å². The van der Waals surface area contributed by atoms with Gasteiger partial charge in [-0.3, -0.25) is 4.90 Å². The largest absolute Gasteiger partial charge is 0.294 e. The summed E-state index contributed by atoms with van der Waals surface area (Å²) in [5.41, 5.74) is 3.68. The predicted octanol–water partition coefficient (Wildman–Crippen LogP) is 3.95. The number of nitrogens with zero attached hydrogens (tertiary/aromatic N) is 2. The second kappa shape index (κ2) is 5.49. The molecule has 0 N–H and O–H groups in total. The summed E-state index contributed by atoms with van der Waals surface area (Å²) in [7, 11) is 0. The Kier molecular flexibility index (Phi) is 3.74. The maximum absolute atomic E-state index is 6.14. The second-order valence-electron chi connectivity index (χ2n) is 4.82. The Balaban J connectivity index is 1.79. The molecule has 4 heteroatoms. The van der Waals surface area contributed by atoms with Crippen LogP contribution in [0.2, 0.25) is 10.3 Å². The minimum atomic E-state index is 0.477. The fourth-order valence-electron chi connectivity index (χ4n) is 2.53. The van der Waals surface area contributed by atoms with Gasteiger partial charge in [-0.25, -0.2) is 4.98 Å². The van der Waals surface area contributed by atoms with Crippen molar-refractivity contribution in [2.75, 3.05) is 6.54 Å². The van der Waals surface area contributed by atoms with E-state index in [9.17, 15) is 0 Å². The van der Waals surface area contributed by atoms with Crippen molar-refractivity contribution in [3.8, 4) is 0 Å². The van der Waals surface area contributed by atoms with Crippen molar-refractivity contribution in [1.82, 2.24) is 9.88 Å². The summed E-state index contributed by atoms with van der Waals surface area (Å²) >= 11 is 12.1. The lowest BCUT2D eigenvalue weighted by Crippen LogP contribution is -2.30. The molecule has 0 aliphatic carbocycles. The molecular weight excluding hydrogens is 279 g/mol. The van der Waals surface area contributed by atoms with Gasteiger partial charge < -0.3 is 0 Å². The van der Waals surface area contributed by atoms with Crippen LogP contribution in [0.15, 0.2) is 36.4 Å². The zero-order valence-electron chi connectivity index (χ0n) is 10.4. The summed E-state index contributed by atoms with van der Waals surface area (Å²) in [5, 5.41) is 1.03. The van der Waals surface area contributed by atoms with Gasteiger partial charge >= 0.3 is 0 Å². The summed E-state index contributed by atoms with van der Waals surface area (Å²) in [6.45, 7) is 2.84. The fourth-order valence-corrected chi connectivity index (χ4v) is 3.09. The predicted molar refractivity (Wildman–Crippen MR) is 78.5 cm³/mol. The van der Waals surface area contributed by atoms with Crippen LogP contribution in [0.3, 0.4) is 0 Å². The van der Waals surface area contributed by atoms with E-state index in [2.05, 4.69) is 34.1 Å². The maximum atomic E-state index is 6.14. The van der Waals surface area contributed by atoms with E-state index >= 15 is 0 Å². The van der Waals surface area contributed by atoms with Gasteiger partial charge in [0.1, 0.15) is 10.3 Å². The SMILES string of the molecule is Clc1cc2c(c(Cl)n1)CCN(Cc1ccccc1)C2. The van der Waals surface area contributed by atoms with Crippen LogP contribution in [0.4, 0.5) is 0 Å². The Hall–Kier alpha value is -1.09. The van der Waals surface area contributed by atoms with Crippen LogP contribution < -0.4 is 0 Å². The number of rotatable bonds is 2. The molecule has 1 aromatic carbocycles. The topological polar surface area (TPSA) is 16.1 Å². The molecule has 98 valence electrons. The molecule has 19 heavy (non-hydrogen) atoms. The first kappa shape index (κ1) is 12.9. The quantitative estimate of drug-likeness (QED) is 0.779. The van der Waals surface area contributed by atoms with Gasteiger partial charge in [0.05, 0.1) is 0 Å². The molecule has 2 heterocycles. The van der Waals surface area contributed by atoms with E-state index in [0.29, 0.717) is 10.3 Å². The van der Waals surface area contributed by atoms with Gasteiger partial charge in [-0.2, -0.15) is 0 Å². The number of benzene rings is 1. The smallest absolute Gasteiger partial charge is 0.134 e. The first-order valence-corrected chi connectivity index (χ1v) is 7.08. The highest BCUT2D eigenvalue weighted by atomic mass is 35.5. The summed E-state index contributed by atoms with van der Waals surface area (Å²) in [6, 6.07) is 12.4.